The molecule has 0 aliphatic carbocycles. The summed E-state index contributed by atoms with van der Waals surface area (Å²) >= 11 is 0. The fourth-order valence-electron chi connectivity index (χ4n) is 2.89. The van der Waals surface area contributed by atoms with Crippen LogP contribution in [0.1, 0.15) is 55.6 Å². The van der Waals surface area contributed by atoms with E-state index in [1.165, 1.54) is 11.1 Å². The molecule has 1 aliphatic heterocycles. The van der Waals surface area contributed by atoms with Gasteiger partial charge in [0, 0.05) is 18.7 Å². The lowest BCUT2D eigenvalue weighted by Crippen LogP contribution is -2.34. The summed E-state index contributed by atoms with van der Waals surface area (Å²) in [5.74, 6) is 0.702. The second kappa shape index (κ2) is 6.99. The third-order valence-electron chi connectivity index (χ3n) is 4.12. The van der Waals surface area contributed by atoms with Crippen molar-refractivity contribution in [2.45, 2.75) is 39.5 Å². The van der Waals surface area contributed by atoms with Crippen molar-refractivity contribution in [1.29, 1.82) is 0 Å². The number of ketones is 1. The number of pyridine rings is 1. The summed E-state index contributed by atoms with van der Waals surface area (Å²) in [6, 6.07) is 3.97. The van der Waals surface area contributed by atoms with Gasteiger partial charge in [0.2, 0.25) is 0 Å². The monoisotopic (exact) mass is 286 g/mol. The molecule has 1 aliphatic rings. The molecule has 0 unspecified atom stereocenters. The number of nitrogens with zero attached hydrogens (tertiary/aromatic N) is 2. The highest BCUT2D eigenvalue weighted by Gasteiger charge is 2.21. The third kappa shape index (κ3) is 4.24. The molecule has 0 spiro atoms. The minimum absolute atomic E-state index is 0.00808. The molecule has 21 heavy (non-hydrogen) atoms. The summed E-state index contributed by atoms with van der Waals surface area (Å²) in [4.78, 5) is 18.7. The minimum Gasteiger partial charge on any atom is -0.299 e. The lowest BCUT2D eigenvalue weighted by atomic mass is 9.90. The number of likely N-dealkylation sites (tertiary alicyclic amines) is 1. The van der Waals surface area contributed by atoms with Crippen LogP contribution in [0.15, 0.2) is 30.5 Å². The molecule has 0 N–H and O–H groups in total. The van der Waals surface area contributed by atoms with E-state index in [4.69, 9.17) is 0 Å². The van der Waals surface area contributed by atoms with E-state index in [-0.39, 0.29) is 11.7 Å². The smallest absolute Gasteiger partial charge is 0.183 e. The first-order valence-electron chi connectivity index (χ1n) is 7.84. The van der Waals surface area contributed by atoms with Crippen LogP contribution in [0.3, 0.4) is 0 Å². The fraction of sp³-hybridized carbons (Fsp3) is 0.556. The largest absolute Gasteiger partial charge is 0.299 e. The van der Waals surface area contributed by atoms with Crippen LogP contribution in [0, 0.1) is 5.92 Å². The van der Waals surface area contributed by atoms with Gasteiger partial charge in [0.05, 0.1) is 0 Å². The van der Waals surface area contributed by atoms with E-state index >= 15 is 0 Å². The predicted molar refractivity (Wildman–Crippen MR) is 86.6 cm³/mol. The molecule has 3 nitrogen and oxygen atoms in total. The van der Waals surface area contributed by atoms with Crippen molar-refractivity contribution >= 4 is 5.78 Å². The molecule has 0 aromatic carbocycles. The zero-order valence-electron chi connectivity index (χ0n) is 13.4. The quantitative estimate of drug-likeness (QED) is 0.611. The normalized spacial score (nSPS) is 17.1. The van der Waals surface area contributed by atoms with Crippen molar-refractivity contribution in [3.63, 3.8) is 0 Å². The number of rotatable bonds is 5. The van der Waals surface area contributed by atoms with Crippen molar-refractivity contribution in [3.05, 3.63) is 41.7 Å². The first kappa shape index (κ1) is 15.9. The van der Waals surface area contributed by atoms with E-state index in [0.29, 0.717) is 11.6 Å². The highest BCUT2D eigenvalue weighted by molar-refractivity contribution is 5.95. The van der Waals surface area contributed by atoms with E-state index in [9.17, 15) is 4.79 Å². The van der Waals surface area contributed by atoms with E-state index in [0.717, 1.165) is 32.5 Å². The van der Waals surface area contributed by atoms with E-state index < -0.39 is 0 Å². The second-order valence-corrected chi connectivity index (χ2v) is 6.50. The average Bonchev–Trinajstić information content (AvgIpc) is 2.47. The number of hydrogen-bond acceptors (Lipinski definition) is 3. The third-order valence-corrected chi connectivity index (χ3v) is 4.12. The Hall–Kier alpha value is -1.48. The standard InChI is InChI=1S/C18H26N2O/c1-13(2)12-20-9-7-15(8-10-20)16-5-6-17(19-11-16)18(21)14(3)4/h5-6,11,14-15H,1,7-10,12H2,2-4H3. The molecule has 2 rings (SSSR count). The molecule has 0 radical (unpaired) electrons. The lowest BCUT2D eigenvalue weighted by Gasteiger charge is -2.32. The Kier molecular flexibility index (Phi) is 5.29. The van der Waals surface area contributed by atoms with Gasteiger partial charge in [-0.05, 0) is 50.4 Å². The SMILES string of the molecule is C=C(C)CN1CCC(c2ccc(C(=O)C(C)C)nc2)CC1. The Balaban J connectivity index is 1.95. The minimum atomic E-state index is 0.00808. The maximum absolute atomic E-state index is 11.9. The van der Waals surface area contributed by atoms with Crippen LogP contribution >= 0.6 is 0 Å². The number of piperidine rings is 1. The number of Topliss-reactive ketones (excluding diaryl/α,β-unsaturated/α-hetero) is 1. The summed E-state index contributed by atoms with van der Waals surface area (Å²) < 4.78 is 0. The lowest BCUT2D eigenvalue weighted by molar-refractivity contribution is 0.0934. The van der Waals surface area contributed by atoms with Gasteiger partial charge in [0.25, 0.3) is 0 Å². The Morgan fingerprint density at radius 3 is 2.52 bits per heavy atom. The van der Waals surface area contributed by atoms with Crippen molar-refractivity contribution < 1.29 is 4.79 Å². The van der Waals surface area contributed by atoms with Gasteiger partial charge in [-0.1, -0.05) is 32.1 Å². The van der Waals surface area contributed by atoms with Crippen LogP contribution in [-0.4, -0.2) is 35.3 Å². The summed E-state index contributed by atoms with van der Waals surface area (Å²) in [6.45, 7) is 13.1. The molecule has 1 aromatic rings. The van der Waals surface area contributed by atoms with Gasteiger partial charge in [0.15, 0.2) is 5.78 Å². The van der Waals surface area contributed by atoms with Gasteiger partial charge < -0.3 is 0 Å². The molecular formula is C18H26N2O. The molecule has 0 bridgehead atoms. The van der Waals surface area contributed by atoms with Crippen LogP contribution in [0.25, 0.3) is 0 Å². The Morgan fingerprint density at radius 1 is 1.38 bits per heavy atom. The molecule has 1 saturated heterocycles. The summed E-state index contributed by atoms with van der Waals surface area (Å²) in [5.41, 5.74) is 3.09. The molecule has 2 heterocycles. The molecule has 0 atom stereocenters. The van der Waals surface area contributed by atoms with E-state index in [2.05, 4.69) is 29.5 Å². The van der Waals surface area contributed by atoms with Crippen LogP contribution in [-0.2, 0) is 0 Å². The van der Waals surface area contributed by atoms with Gasteiger partial charge in [-0.25, -0.2) is 0 Å². The van der Waals surface area contributed by atoms with Gasteiger partial charge in [-0.2, -0.15) is 0 Å². The molecule has 114 valence electrons. The highest BCUT2D eigenvalue weighted by atomic mass is 16.1. The molecule has 3 heteroatoms. The van der Waals surface area contributed by atoms with E-state index in [1.54, 1.807) is 0 Å². The maximum atomic E-state index is 11.9. The molecule has 1 fully saturated rings. The Labute approximate surface area is 128 Å². The van der Waals surface area contributed by atoms with Gasteiger partial charge in [0.1, 0.15) is 5.69 Å². The van der Waals surface area contributed by atoms with Crippen LogP contribution in [0.5, 0.6) is 0 Å². The maximum Gasteiger partial charge on any atom is 0.183 e. The van der Waals surface area contributed by atoms with Gasteiger partial charge >= 0.3 is 0 Å². The summed E-state index contributed by atoms with van der Waals surface area (Å²) in [6.07, 6.45) is 4.22. The summed E-state index contributed by atoms with van der Waals surface area (Å²) in [7, 11) is 0. The second-order valence-electron chi connectivity index (χ2n) is 6.50. The van der Waals surface area contributed by atoms with Crippen molar-refractivity contribution in [2.24, 2.45) is 5.92 Å². The topological polar surface area (TPSA) is 33.2 Å². The fourth-order valence-corrected chi connectivity index (χ4v) is 2.89. The molecule has 0 saturated carbocycles. The van der Waals surface area contributed by atoms with Crippen molar-refractivity contribution in [3.8, 4) is 0 Å². The highest BCUT2D eigenvalue weighted by Crippen LogP contribution is 2.28. The van der Waals surface area contributed by atoms with Crippen LogP contribution in [0.4, 0.5) is 0 Å². The number of aromatic nitrogens is 1. The molecular weight excluding hydrogens is 260 g/mol. The van der Waals surface area contributed by atoms with E-state index in [1.807, 2.05) is 26.1 Å². The van der Waals surface area contributed by atoms with Crippen molar-refractivity contribution in [2.75, 3.05) is 19.6 Å². The average molecular weight is 286 g/mol. The van der Waals surface area contributed by atoms with Gasteiger partial charge in [-0.15, -0.1) is 0 Å². The molecule has 0 amide bonds. The summed E-state index contributed by atoms with van der Waals surface area (Å²) in [5, 5.41) is 0. The molecule has 1 aromatic heterocycles. The van der Waals surface area contributed by atoms with Gasteiger partial charge in [-0.3, -0.25) is 14.7 Å². The first-order chi connectivity index (χ1) is 9.97. The zero-order chi connectivity index (χ0) is 15.4. The number of carbonyl (C=O) groups excluding carboxylic acids is 1. The Bertz CT molecular complexity index is 496. The predicted octanol–water partition coefficient (Wildman–Crippen LogP) is 3.68. The zero-order valence-corrected chi connectivity index (χ0v) is 13.4. The van der Waals surface area contributed by atoms with Crippen LogP contribution < -0.4 is 0 Å². The first-order valence-corrected chi connectivity index (χ1v) is 7.84. The van der Waals surface area contributed by atoms with Crippen molar-refractivity contribution in [1.82, 2.24) is 9.88 Å². The van der Waals surface area contributed by atoms with Crippen LogP contribution in [0.2, 0.25) is 0 Å². The number of carbonyl (C=O) groups is 1. The number of hydrogen-bond donors (Lipinski definition) is 0. The Morgan fingerprint density at radius 2 is 2.05 bits per heavy atom.